The van der Waals surface area contributed by atoms with Crippen molar-refractivity contribution in [3.8, 4) is 11.5 Å². The Kier molecular flexibility index (Phi) is 5.25. The molecule has 0 N–H and O–H groups in total. The molecule has 0 unspecified atom stereocenters. The number of aliphatic imine (C=N–C) groups is 1. The summed E-state index contributed by atoms with van der Waals surface area (Å²) in [7, 11) is 0. The van der Waals surface area contributed by atoms with Crippen molar-refractivity contribution in [3.05, 3.63) is 52.5 Å². The lowest BCUT2D eigenvalue weighted by molar-refractivity contribution is 0.0187. The SMILES string of the molecule is CC(C)(C)OC(=O)N1CCN(C2=Nc3ccccc3Oc3cc(Br)ccc32)CC1. The molecule has 4 rings (SSSR count). The molecule has 0 radical (unpaired) electrons. The van der Waals surface area contributed by atoms with E-state index in [-0.39, 0.29) is 6.09 Å². The monoisotopic (exact) mass is 457 g/mol. The highest BCUT2D eigenvalue weighted by atomic mass is 79.9. The van der Waals surface area contributed by atoms with Crippen LogP contribution >= 0.6 is 15.9 Å². The minimum absolute atomic E-state index is 0.266. The Labute approximate surface area is 179 Å². The van der Waals surface area contributed by atoms with Crippen LogP contribution in [-0.4, -0.2) is 53.5 Å². The molecule has 2 aliphatic rings. The fourth-order valence-corrected chi connectivity index (χ4v) is 3.70. The van der Waals surface area contributed by atoms with Crippen LogP contribution in [-0.2, 0) is 4.74 Å². The third-order valence-corrected chi connectivity index (χ3v) is 5.22. The quantitative estimate of drug-likeness (QED) is 0.546. The van der Waals surface area contributed by atoms with Crippen molar-refractivity contribution in [1.82, 2.24) is 9.80 Å². The molecule has 2 aromatic carbocycles. The van der Waals surface area contributed by atoms with Crippen LogP contribution in [0.15, 0.2) is 51.9 Å². The van der Waals surface area contributed by atoms with E-state index in [1.54, 1.807) is 4.90 Å². The molecule has 7 heteroatoms. The minimum atomic E-state index is -0.493. The molecule has 0 bridgehead atoms. The van der Waals surface area contributed by atoms with Crippen molar-refractivity contribution in [3.63, 3.8) is 0 Å². The molecule has 0 atom stereocenters. The lowest BCUT2D eigenvalue weighted by Gasteiger charge is -2.37. The van der Waals surface area contributed by atoms with Gasteiger partial charge >= 0.3 is 6.09 Å². The van der Waals surface area contributed by atoms with Crippen molar-refractivity contribution in [2.75, 3.05) is 26.2 Å². The molecular formula is C22H24BrN3O3. The molecule has 1 amide bonds. The maximum Gasteiger partial charge on any atom is 0.410 e. The lowest BCUT2D eigenvalue weighted by atomic mass is 10.1. The van der Waals surface area contributed by atoms with E-state index in [0.29, 0.717) is 26.2 Å². The van der Waals surface area contributed by atoms with Gasteiger partial charge in [0.05, 0.1) is 5.56 Å². The summed E-state index contributed by atoms with van der Waals surface area (Å²) in [6.45, 7) is 8.17. The van der Waals surface area contributed by atoms with Crippen LogP contribution in [0.3, 0.4) is 0 Å². The molecule has 29 heavy (non-hydrogen) atoms. The number of nitrogens with zero attached hydrogens (tertiary/aromatic N) is 3. The molecule has 2 aromatic rings. The molecule has 1 saturated heterocycles. The number of rotatable bonds is 0. The molecule has 0 saturated carbocycles. The van der Waals surface area contributed by atoms with Gasteiger partial charge in [-0.05, 0) is 51.1 Å². The number of ether oxygens (including phenoxy) is 2. The molecule has 2 heterocycles. The second-order valence-corrected chi connectivity index (χ2v) is 9.02. The Bertz CT molecular complexity index is 960. The zero-order valence-electron chi connectivity index (χ0n) is 16.8. The Morgan fingerprint density at radius 1 is 1.07 bits per heavy atom. The second kappa shape index (κ2) is 7.71. The van der Waals surface area contributed by atoms with E-state index in [1.807, 2.05) is 63.2 Å². The predicted molar refractivity (Wildman–Crippen MR) is 116 cm³/mol. The molecule has 0 spiro atoms. The first-order chi connectivity index (χ1) is 13.8. The van der Waals surface area contributed by atoms with Gasteiger partial charge < -0.3 is 19.3 Å². The van der Waals surface area contributed by atoms with Gasteiger partial charge in [0.2, 0.25) is 0 Å². The topological polar surface area (TPSA) is 54.4 Å². The molecule has 2 aliphatic heterocycles. The number of hydrogen-bond donors (Lipinski definition) is 0. The highest BCUT2D eigenvalue weighted by Crippen LogP contribution is 2.39. The zero-order chi connectivity index (χ0) is 20.6. The number of para-hydroxylation sites is 2. The fourth-order valence-electron chi connectivity index (χ4n) is 3.36. The van der Waals surface area contributed by atoms with Gasteiger partial charge in [0, 0.05) is 30.7 Å². The summed E-state index contributed by atoms with van der Waals surface area (Å²) < 4.78 is 12.6. The standard InChI is InChI=1S/C22H24BrN3O3/c1-22(2,3)29-21(27)26-12-10-25(11-13-26)20-16-9-8-15(23)14-19(16)28-18-7-5-4-6-17(18)24-20/h4-9,14H,10-13H2,1-3H3. The van der Waals surface area contributed by atoms with Crippen molar-refractivity contribution in [1.29, 1.82) is 0 Å². The number of benzene rings is 2. The summed E-state index contributed by atoms with van der Waals surface area (Å²) in [4.78, 5) is 21.3. The third-order valence-electron chi connectivity index (χ3n) is 4.73. The van der Waals surface area contributed by atoms with Gasteiger partial charge in [0.15, 0.2) is 5.75 Å². The van der Waals surface area contributed by atoms with Gasteiger partial charge in [0.25, 0.3) is 0 Å². The van der Waals surface area contributed by atoms with Gasteiger partial charge in [-0.25, -0.2) is 9.79 Å². The van der Waals surface area contributed by atoms with Crippen LogP contribution in [0, 0.1) is 0 Å². The van der Waals surface area contributed by atoms with E-state index < -0.39 is 5.60 Å². The number of carbonyl (C=O) groups excluding carboxylic acids is 1. The summed E-state index contributed by atoms with van der Waals surface area (Å²) in [6, 6.07) is 13.7. The summed E-state index contributed by atoms with van der Waals surface area (Å²) in [5, 5.41) is 0. The van der Waals surface area contributed by atoms with Crippen LogP contribution in [0.1, 0.15) is 26.3 Å². The first-order valence-corrected chi connectivity index (χ1v) is 10.5. The van der Waals surface area contributed by atoms with Gasteiger partial charge in [-0.2, -0.15) is 0 Å². The Morgan fingerprint density at radius 3 is 2.52 bits per heavy atom. The number of halogens is 1. The second-order valence-electron chi connectivity index (χ2n) is 8.10. The van der Waals surface area contributed by atoms with E-state index in [4.69, 9.17) is 14.5 Å². The van der Waals surface area contributed by atoms with Crippen LogP contribution in [0.25, 0.3) is 0 Å². The highest BCUT2D eigenvalue weighted by molar-refractivity contribution is 9.10. The molecular weight excluding hydrogens is 434 g/mol. The Balaban J connectivity index is 1.60. The summed E-state index contributed by atoms with van der Waals surface area (Å²) in [6.07, 6.45) is -0.266. The fraction of sp³-hybridized carbons (Fsp3) is 0.364. The average molecular weight is 458 g/mol. The van der Waals surface area contributed by atoms with Gasteiger partial charge in [-0.3, -0.25) is 0 Å². The van der Waals surface area contributed by atoms with E-state index >= 15 is 0 Å². The van der Waals surface area contributed by atoms with Crippen molar-refractivity contribution >= 4 is 33.5 Å². The molecule has 0 aliphatic carbocycles. The number of carbonyl (C=O) groups is 1. The van der Waals surface area contributed by atoms with E-state index in [2.05, 4.69) is 20.8 Å². The van der Waals surface area contributed by atoms with Gasteiger partial charge in [-0.15, -0.1) is 0 Å². The van der Waals surface area contributed by atoms with Crippen LogP contribution in [0.2, 0.25) is 0 Å². The largest absolute Gasteiger partial charge is 0.454 e. The van der Waals surface area contributed by atoms with Crippen LogP contribution < -0.4 is 4.74 Å². The number of amides is 1. The summed E-state index contributed by atoms with van der Waals surface area (Å²) in [5.41, 5.74) is 1.24. The van der Waals surface area contributed by atoms with Gasteiger partial charge in [-0.1, -0.05) is 28.1 Å². The molecule has 152 valence electrons. The first kappa shape index (κ1) is 19.8. The maximum absolute atomic E-state index is 12.4. The number of amidine groups is 1. The number of fused-ring (bicyclic) bond motifs is 2. The Hall–Kier alpha value is -2.54. The average Bonchev–Trinajstić information content (AvgIpc) is 2.83. The Morgan fingerprint density at radius 2 is 1.79 bits per heavy atom. The number of hydrogen-bond acceptors (Lipinski definition) is 5. The molecule has 1 fully saturated rings. The summed E-state index contributed by atoms with van der Waals surface area (Å²) >= 11 is 3.53. The van der Waals surface area contributed by atoms with E-state index in [9.17, 15) is 4.79 Å². The van der Waals surface area contributed by atoms with E-state index in [1.165, 1.54) is 0 Å². The highest BCUT2D eigenvalue weighted by Gasteiger charge is 2.29. The smallest absolute Gasteiger partial charge is 0.410 e. The normalized spacial score (nSPS) is 16.2. The number of piperazine rings is 1. The van der Waals surface area contributed by atoms with Crippen LogP contribution in [0.4, 0.5) is 10.5 Å². The van der Waals surface area contributed by atoms with Gasteiger partial charge in [0.1, 0.15) is 22.9 Å². The van der Waals surface area contributed by atoms with Crippen molar-refractivity contribution < 1.29 is 14.3 Å². The van der Waals surface area contributed by atoms with Crippen molar-refractivity contribution in [2.24, 2.45) is 4.99 Å². The maximum atomic E-state index is 12.4. The minimum Gasteiger partial charge on any atom is -0.454 e. The zero-order valence-corrected chi connectivity index (χ0v) is 18.4. The molecule has 6 nitrogen and oxygen atoms in total. The van der Waals surface area contributed by atoms with E-state index in [0.717, 1.165) is 33.1 Å². The third kappa shape index (κ3) is 4.40. The predicted octanol–water partition coefficient (Wildman–Crippen LogP) is 5.19. The lowest BCUT2D eigenvalue weighted by Crippen LogP contribution is -2.51. The first-order valence-electron chi connectivity index (χ1n) is 9.68. The van der Waals surface area contributed by atoms with Crippen molar-refractivity contribution in [2.45, 2.75) is 26.4 Å². The summed E-state index contributed by atoms with van der Waals surface area (Å²) in [5.74, 6) is 2.35. The molecule has 0 aromatic heterocycles. The van der Waals surface area contributed by atoms with Crippen LogP contribution in [0.5, 0.6) is 11.5 Å².